The van der Waals surface area contributed by atoms with Crippen molar-refractivity contribution in [3.63, 3.8) is 0 Å². The van der Waals surface area contributed by atoms with Gasteiger partial charge in [-0.25, -0.2) is 14.8 Å². The molecule has 1 amide bonds. The quantitative estimate of drug-likeness (QED) is 0.665. The van der Waals surface area contributed by atoms with Gasteiger partial charge in [0.25, 0.3) is 0 Å². The second-order valence-electron chi connectivity index (χ2n) is 7.52. The highest BCUT2D eigenvalue weighted by atomic mass is 32.2. The molecule has 3 heterocycles. The Morgan fingerprint density at radius 1 is 1.33 bits per heavy atom. The van der Waals surface area contributed by atoms with Crippen LogP contribution in [0.15, 0.2) is 17.4 Å². The maximum atomic E-state index is 12.5. The molecule has 1 aromatic rings. The molecule has 0 aliphatic carbocycles. The van der Waals surface area contributed by atoms with E-state index >= 15 is 0 Å². The molecule has 3 rings (SSSR count). The maximum Gasteiger partial charge on any atom is 0.408 e. The second kappa shape index (κ2) is 6.52. The van der Waals surface area contributed by atoms with E-state index in [1.165, 1.54) is 0 Å². The zero-order chi connectivity index (χ0) is 17.4. The molecule has 2 unspecified atom stereocenters. The number of carbonyl (C=O) groups is 1. The lowest BCUT2D eigenvalue weighted by molar-refractivity contribution is -0.0447. The summed E-state index contributed by atoms with van der Waals surface area (Å²) in [5, 5.41) is 4.01. The number of nitrogens with one attached hydrogen (secondary N) is 1. The number of aromatic nitrogens is 2. The third-order valence-corrected chi connectivity index (χ3v) is 5.07. The molecule has 1 N–H and O–H groups in total. The van der Waals surface area contributed by atoms with Crippen LogP contribution in [0.3, 0.4) is 0 Å². The highest BCUT2D eigenvalue weighted by Gasteiger charge is 2.48. The molecule has 7 heteroatoms. The Morgan fingerprint density at radius 3 is 2.58 bits per heavy atom. The first-order valence-electron chi connectivity index (χ1n) is 8.33. The van der Waals surface area contributed by atoms with Crippen LogP contribution in [-0.4, -0.2) is 40.1 Å². The van der Waals surface area contributed by atoms with E-state index in [1.54, 1.807) is 18.1 Å². The molecule has 2 fully saturated rings. The van der Waals surface area contributed by atoms with E-state index in [9.17, 15) is 4.79 Å². The molecule has 1 aromatic heterocycles. The van der Waals surface area contributed by atoms with E-state index in [-0.39, 0.29) is 12.2 Å². The monoisotopic (exact) mass is 351 g/mol. The van der Waals surface area contributed by atoms with Crippen LogP contribution in [0.25, 0.3) is 0 Å². The molecule has 2 aliphatic heterocycles. The van der Waals surface area contributed by atoms with E-state index in [0.29, 0.717) is 12.8 Å². The lowest BCUT2D eigenvalue weighted by Gasteiger charge is -2.41. The minimum Gasteiger partial charge on any atom is -0.444 e. The summed E-state index contributed by atoms with van der Waals surface area (Å²) in [5.74, 6) is 0. The Bertz CT molecular complexity index is 605. The van der Waals surface area contributed by atoms with E-state index in [1.807, 2.05) is 33.1 Å². The fourth-order valence-electron chi connectivity index (χ4n) is 3.53. The Labute approximate surface area is 147 Å². The van der Waals surface area contributed by atoms with Crippen molar-refractivity contribution in [1.29, 1.82) is 0 Å². The minimum atomic E-state index is -0.556. The lowest BCUT2D eigenvalue weighted by Crippen LogP contribution is -2.53. The Balaban J connectivity index is 1.91. The van der Waals surface area contributed by atoms with Gasteiger partial charge in [-0.05, 0) is 45.9 Å². The number of amides is 1. The molecule has 0 saturated carbocycles. The molecule has 2 bridgehead atoms. The van der Waals surface area contributed by atoms with Crippen LogP contribution in [0.1, 0.15) is 52.1 Å². The summed E-state index contributed by atoms with van der Waals surface area (Å²) in [7, 11) is 0. The molecular weight excluding hydrogens is 326 g/mol. The van der Waals surface area contributed by atoms with Crippen LogP contribution in [0, 0.1) is 0 Å². The fourth-order valence-corrected chi connectivity index (χ4v) is 3.91. The summed E-state index contributed by atoms with van der Waals surface area (Å²) in [6.45, 7) is 5.59. The topological polar surface area (TPSA) is 73.3 Å². The molecule has 132 valence electrons. The van der Waals surface area contributed by atoms with Gasteiger partial charge in [-0.3, -0.25) is 0 Å². The number of nitrogens with zero attached hydrogens (tertiary/aromatic N) is 2. The van der Waals surface area contributed by atoms with Gasteiger partial charge in [0.05, 0.1) is 28.5 Å². The van der Waals surface area contributed by atoms with Crippen molar-refractivity contribution in [2.75, 3.05) is 6.26 Å². The highest BCUT2D eigenvalue weighted by Crippen LogP contribution is 2.43. The Kier molecular flexibility index (Phi) is 4.75. The minimum absolute atomic E-state index is 0.159. The van der Waals surface area contributed by atoms with Gasteiger partial charge in [-0.1, -0.05) is 0 Å². The SMILES string of the molecule is CSc1cc(C2(NC(=O)OC(C)(C)C)CC3CCC(C2)O3)ncn1. The van der Waals surface area contributed by atoms with Crippen LogP contribution in [0.2, 0.25) is 0 Å². The van der Waals surface area contributed by atoms with Gasteiger partial charge in [0.15, 0.2) is 0 Å². The smallest absolute Gasteiger partial charge is 0.408 e. The zero-order valence-corrected chi connectivity index (χ0v) is 15.5. The van der Waals surface area contributed by atoms with Crippen molar-refractivity contribution >= 4 is 17.9 Å². The predicted octanol–water partition coefficient (Wildman–Crippen LogP) is 3.26. The van der Waals surface area contributed by atoms with Crippen LogP contribution in [0.5, 0.6) is 0 Å². The van der Waals surface area contributed by atoms with Crippen molar-refractivity contribution < 1.29 is 14.3 Å². The summed E-state index contributed by atoms with van der Waals surface area (Å²) in [4.78, 5) is 21.2. The molecule has 2 saturated heterocycles. The fraction of sp³-hybridized carbons (Fsp3) is 0.706. The molecule has 0 aromatic carbocycles. The number of hydrogen-bond donors (Lipinski definition) is 1. The lowest BCUT2D eigenvalue weighted by atomic mass is 9.83. The van der Waals surface area contributed by atoms with Crippen molar-refractivity contribution in [3.8, 4) is 0 Å². The second-order valence-corrected chi connectivity index (χ2v) is 8.35. The first-order valence-corrected chi connectivity index (χ1v) is 9.55. The number of ether oxygens (including phenoxy) is 2. The van der Waals surface area contributed by atoms with E-state index < -0.39 is 17.2 Å². The average molecular weight is 351 g/mol. The maximum absolute atomic E-state index is 12.5. The first kappa shape index (κ1) is 17.5. The molecule has 2 atom stereocenters. The summed E-state index contributed by atoms with van der Waals surface area (Å²) in [6, 6.07) is 1.97. The molecular formula is C17H25N3O3S. The zero-order valence-electron chi connectivity index (χ0n) is 14.7. The highest BCUT2D eigenvalue weighted by molar-refractivity contribution is 7.98. The number of alkyl carbamates (subject to hydrolysis) is 1. The summed E-state index contributed by atoms with van der Waals surface area (Å²) in [6.07, 6.45) is 6.95. The van der Waals surface area contributed by atoms with E-state index in [0.717, 1.165) is 23.6 Å². The third kappa shape index (κ3) is 3.83. The molecule has 2 aliphatic rings. The van der Waals surface area contributed by atoms with Crippen molar-refractivity contribution in [2.24, 2.45) is 0 Å². The number of fused-ring (bicyclic) bond motifs is 2. The summed E-state index contributed by atoms with van der Waals surface area (Å²) in [5.41, 5.74) is -0.251. The third-order valence-electron chi connectivity index (χ3n) is 4.43. The van der Waals surface area contributed by atoms with Gasteiger partial charge >= 0.3 is 6.09 Å². The molecule has 0 radical (unpaired) electrons. The Morgan fingerprint density at radius 2 is 2.00 bits per heavy atom. The van der Waals surface area contributed by atoms with Gasteiger partial charge in [0.2, 0.25) is 0 Å². The number of thioether (sulfide) groups is 1. The van der Waals surface area contributed by atoms with Crippen LogP contribution in [0.4, 0.5) is 4.79 Å². The Hall–Kier alpha value is -1.34. The average Bonchev–Trinajstić information content (AvgIpc) is 2.84. The number of rotatable bonds is 3. The summed E-state index contributed by atoms with van der Waals surface area (Å²) >= 11 is 1.57. The molecule has 0 spiro atoms. The van der Waals surface area contributed by atoms with Crippen molar-refractivity contribution in [1.82, 2.24) is 15.3 Å². The number of carbonyl (C=O) groups excluding carboxylic acids is 1. The standard InChI is InChI=1S/C17H25N3O3S/c1-16(2,3)23-15(21)20-17(8-11-5-6-12(9-17)22-11)13-7-14(24-4)19-10-18-13/h7,10-12H,5-6,8-9H2,1-4H3,(H,20,21). The van der Waals surface area contributed by atoms with E-state index in [2.05, 4.69) is 15.3 Å². The first-order chi connectivity index (χ1) is 11.3. The van der Waals surface area contributed by atoms with Gasteiger partial charge in [0.1, 0.15) is 11.9 Å². The van der Waals surface area contributed by atoms with Gasteiger partial charge in [0, 0.05) is 12.8 Å². The van der Waals surface area contributed by atoms with Gasteiger partial charge in [-0.15, -0.1) is 11.8 Å². The van der Waals surface area contributed by atoms with Crippen LogP contribution < -0.4 is 5.32 Å². The molecule has 6 nitrogen and oxygen atoms in total. The molecule has 24 heavy (non-hydrogen) atoms. The number of hydrogen-bond acceptors (Lipinski definition) is 6. The van der Waals surface area contributed by atoms with Crippen molar-refractivity contribution in [2.45, 2.75) is 74.8 Å². The normalized spacial score (nSPS) is 29.3. The van der Waals surface area contributed by atoms with E-state index in [4.69, 9.17) is 9.47 Å². The largest absolute Gasteiger partial charge is 0.444 e. The van der Waals surface area contributed by atoms with Crippen LogP contribution >= 0.6 is 11.8 Å². The van der Waals surface area contributed by atoms with Gasteiger partial charge in [-0.2, -0.15) is 0 Å². The predicted molar refractivity (Wildman–Crippen MR) is 92.0 cm³/mol. The summed E-state index contributed by atoms with van der Waals surface area (Å²) < 4.78 is 11.5. The van der Waals surface area contributed by atoms with Crippen molar-refractivity contribution in [3.05, 3.63) is 18.1 Å². The van der Waals surface area contributed by atoms with Gasteiger partial charge < -0.3 is 14.8 Å². The van der Waals surface area contributed by atoms with Crippen LogP contribution in [-0.2, 0) is 15.0 Å².